The number of anilines is 2. The maximum absolute atomic E-state index is 4.20. The van der Waals surface area contributed by atoms with Crippen LogP contribution in [0.25, 0.3) is 5.65 Å². The fraction of sp³-hybridized carbons (Fsp3) is 0.375. The Morgan fingerprint density at radius 3 is 2.79 bits per heavy atom. The van der Waals surface area contributed by atoms with Crippen LogP contribution in [0.5, 0.6) is 0 Å². The van der Waals surface area contributed by atoms with Crippen molar-refractivity contribution in [3.8, 4) is 0 Å². The van der Waals surface area contributed by atoms with Gasteiger partial charge in [-0.1, -0.05) is 0 Å². The monoisotopic (exact) mass is 192 g/mol. The van der Waals surface area contributed by atoms with Gasteiger partial charge in [0.25, 0.3) is 0 Å². The number of hydrogen-bond acceptors (Lipinski definition) is 5. The molecule has 0 aliphatic carbocycles. The van der Waals surface area contributed by atoms with Gasteiger partial charge in [-0.25, -0.2) is 9.97 Å². The molecular formula is C8H12N6. The summed E-state index contributed by atoms with van der Waals surface area (Å²) in [4.78, 5) is 10.2. The molecule has 6 nitrogen and oxygen atoms in total. The van der Waals surface area contributed by atoms with Gasteiger partial charge >= 0.3 is 0 Å². The summed E-state index contributed by atoms with van der Waals surface area (Å²) in [6.45, 7) is 0. The van der Waals surface area contributed by atoms with Gasteiger partial charge in [-0.15, -0.1) is 0 Å². The van der Waals surface area contributed by atoms with Crippen molar-refractivity contribution in [2.45, 2.75) is 0 Å². The van der Waals surface area contributed by atoms with Gasteiger partial charge in [-0.2, -0.15) is 9.61 Å². The summed E-state index contributed by atoms with van der Waals surface area (Å²) in [5, 5.41) is 7.15. The van der Waals surface area contributed by atoms with Crippen molar-refractivity contribution in [1.29, 1.82) is 0 Å². The second-order valence-electron chi connectivity index (χ2n) is 3.11. The number of fused-ring (bicyclic) bond motifs is 1. The van der Waals surface area contributed by atoms with Crippen LogP contribution in [0.3, 0.4) is 0 Å². The van der Waals surface area contributed by atoms with Crippen LogP contribution in [0.2, 0.25) is 0 Å². The highest BCUT2D eigenvalue weighted by Gasteiger charge is 2.09. The van der Waals surface area contributed by atoms with Crippen molar-refractivity contribution in [3.63, 3.8) is 0 Å². The van der Waals surface area contributed by atoms with E-state index in [1.807, 2.05) is 19.0 Å². The first kappa shape index (κ1) is 8.74. The minimum absolute atomic E-state index is 0.683. The molecule has 6 heteroatoms. The number of hydrogen-bond donors (Lipinski definition) is 1. The van der Waals surface area contributed by atoms with Crippen molar-refractivity contribution in [2.75, 3.05) is 31.4 Å². The molecule has 0 saturated heterocycles. The molecule has 0 saturated carbocycles. The molecule has 0 amide bonds. The molecule has 0 radical (unpaired) electrons. The Hall–Kier alpha value is -1.85. The Labute approximate surface area is 81.6 Å². The molecular weight excluding hydrogens is 180 g/mol. The van der Waals surface area contributed by atoms with Crippen molar-refractivity contribution in [3.05, 3.63) is 12.5 Å². The van der Waals surface area contributed by atoms with E-state index in [2.05, 4.69) is 20.4 Å². The standard InChI is InChI=1S/C8H12N6/c1-9-8-11-5-10-7-6(13(2)3)4-12-14(7)8/h4-5H,1-3H3,(H,9,10,11). The molecule has 2 rings (SSSR count). The highest BCUT2D eigenvalue weighted by atomic mass is 15.4. The number of nitrogens with one attached hydrogen (secondary N) is 1. The van der Waals surface area contributed by atoms with Gasteiger partial charge in [0.2, 0.25) is 5.95 Å². The van der Waals surface area contributed by atoms with E-state index < -0.39 is 0 Å². The van der Waals surface area contributed by atoms with Crippen molar-refractivity contribution < 1.29 is 0 Å². The lowest BCUT2D eigenvalue weighted by Gasteiger charge is -2.08. The first-order valence-corrected chi connectivity index (χ1v) is 4.28. The third-order valence-corrected chi connectivity index (χ3v) is 1.99. The summed E-state index contributed by atoms with van der Waals surface area (Å²) in [6, 6.07) is 0. The van der Waals surface area contributed by atoms with Gasteiger partial charge in [-0.05, 0) is 0 Å². The van der Waals surface area contributed by atoms with Gasteiger partial charge < -0.3 is 10.2 Å². The van der Waals surface area contributed by atoms with Gasteiger partial charge in [0.05, 0.1) is 6.20 Å². The summed E-state index contributed by atoms with van der Waals surface area (Å²) in [5.41, 5.74) is 1.78. The van der Waals surface area contributed by atoms with Crippen LogP contribution in [0.1, 0.15) is 0 Å². The van der Waals surface area contributed by atoms with Crippen LogP contribution in [0.15, 0.2) is 12.5 Å². The quantitative estimate of drug-likeness (QED) is 0.738. The van der Waals surface area contributed by atoms with E-state index in [0.717, 1.165) is 11.3 Å². The molecule has 74 valence electrons. The van der Waals surface area contributed by atoms with E-state index in [9.17, 15) is 0 Å². The van der Waals surface area contributed by atoms with E-state index in [1.54, 1.807) is 17.8 Å². The Bertz CT molecular complexity index is 446. The predicted octanol–water partition coefficient (Wildman–Crippen LogP) is 0.232. The minimum Gasteiger partial charge on any atom is -0.373 e. The summed E-state index contributed by atoms with van der Waals surface area (Å²) in [5.74, 6) is 0.683. The van der Waals surface area contributed by atoms with Gasteiger partial charge in [0, 0.05) is 21.1 Å². The summed E-state index contributed by atoms with van der Waals surface area (Å²) in [6.07, 6.45) is 3.29. The Morgan fingerprint density at radius 1 is 1.36 bits per heavy atom. The second kappa shape index (κ2) is 3.13. The maximum atomic E-state index is 4.20. The van der Waals surface area contributed by atoms with E-state index in [-0.39, 0.29) is 0 Å². The van der Waals surface area contributed by atoms with Crippen molar-refractivity contribution >= 4 is 17.3 Å². The zero-order valence-electron chi connectivity index (χ0n) is 8.39. The lowest BCUT2D eigenvalue weighted by Crippen LogP contribution is -2.09. The summed E-state index contributed by atoms with van der Waals surface area (Å²) < 4.78 is 1.68. The Kier molecular flexibility index (Phi) is 1.95. The molecule has 14 heavy (non-hydrogen) atoms. The third kappa shape index (κ3) is 1.15. The molecule has 0 unspecified atom stereocenters. The highest BCUT2D eigenvalue weighted by molar-refractivity contribution is 5.68. The fourth-order valence-electron chi connectivity index (χ4n) is 1.29. The second-order valence-corrected chi connectivity index (χ2v) is 3.11. The highest BCUT2D eigenvalue weighted by Crippen LogP contribution is 2.18. The van der Waals surface area contributed by atoms with Crippen LogP contribution < -0.4 is 10.2 Å². The lowest BCUT2D eigenvalue weighted by molar-refractivity contribution is 0.898. The van der Waals surface area contributed by atoms with E-state index >= 15 is 0 Å². The molecule has 2 aromatic heterocycles. The lowest BCUT2D eigenvalue weighted by atomic mass is 10.5. The molecule has 0 aromatic carbocycles. The summed E-state index contributed by atoms with van der Waals surface area (Å²) in [7, 11) is 5.72. The minimum atomic E-state index is 0.683. The first-order chi connectivity index (χ1) is 6.74. The Morgan fingerprint density at radius 2 is 2.14 bits per heavy atom. The molecule has 1 N–H and O–H groups in total. The smallest absolute Gasteiger partial charge is 0.227 e. The first-order valence-electron chi connectivity index (χ1n) is 4.28. The number of rotatable bonds is 2. The molecule has 0 atom stereocenters. The van der Waals surface area contributed by atoms with Crippen LogP contribution >= 0.6 is 0 Å². The van der Waals surface area contributed by atoms with E-state index in [1.165, 1.54) is 6.33 Å². The molecule has 2 aromatic rings. The number of aromatic nitrogens is 4. The SMILES string of the molecule is CNc1ncnc2c(N(C)C)cnn12. The third-order valence-electron chi connectivity index (χ3n) is 1.99. The normalized spacial score (nSPS) is 10.5. The van der Waals surface area contributed by atoms with Crippen molar-refractivity contribution in [1.82, 2.24) is 19.6 Å². The topological polar surface area (TPSA) is 58.4 Å². The predicted molar refractivity (Wildman–Crippen MR) is 54.7 cm³/mol. The van der Waals surface area contributed by atoms with Crippen LogP contribution in [0.4, 0.5) is 11.6 Å². The fourth-order valence-corrected chi connectivity index (χ4v) is 1.29. The molecule has 0 fully saturated rings. The number of nitrogens with zero attached hydrogens (tertiary/aromatic N) is 5. The largest absolute Gasteiger partial charge is 0.373 e. The zero-order chi connectivity index (χ0) is 10.1. The van der Waals surface area contributed by atoms with E-state index in [4.69, 9.17) is 0 Å². The van der Waals surface area contributed by atoms with Crippen molar-refractivity contribution in [2.24, 2.45) is 0 Å². The molecule has 0 aliphatic rings. The van der Waals surface area contributed by atoms with Crippen LogP contribution in [-0.2, 0) is 0 Å². The van der Waals surface area contributed by atoms with Gasteiger partial charge in [0.1, 0.15) is 12.0 Å². The Balaban J connectivity index is 2.69. The van der Waals surface area contributed by atoms with Crippen LogP contribution in [0, 0.1) is 0 Å². The summed E-state index contributed by atoms with van der Waals surface area (Å²) >= 11 is 0. The zero-order valence-corrected chi connectivity index (χ0v) is 8.39. The van der Waals surface area contributed by atoms with Gasteiger partial charge in [-0.3, -0.25) is 0 Å². The van der Waals surface area contributed by atoms with E-state index in [0.29, 0.717) is 5.95 Å². The maximum Gasteiger partial charge on any atom is 0.227 e. The molecule has 0 spiro atoms. The van der Waals surface area contributed by atoms with Crippen LogP contribution in [-0.4, -0.2) is 40.7 Å². The average Bonchev–Trinajstić information content (AvgIpc) is 2.60. The van der Waals surface area contributed by atoms with Gasteiger partial charge in [0.15, 0.2) is 5.65 Å². The average molecular weight is 192 g/mol. The molecule has 0 aliphatic heterocycles. The molecule has 2 heterocycles. The molecule has 0 bridgehead atoms.